The smallest absolute Gasteiger partial charge is 0.323 e. The third kappa shape index (κ3) is 3.80. The second-order valence-corrected chi connectivity index (χ2v) is 4.22. The van der Waals surface area contributed by atoms with Crippen LogP contribution in [-0.2, 0) is 6.42 Å². The second-order valence-electron chi connectivity index (χ2n) is 4.22. The SMILES string of the molecule is O=C(Nc1cccc(F)c1)Nc1ccccc1CCO. The maximum absolute atomic E-state index is 13.0. The van der Waals surface area contributed by atoms with Crippen molar-refractivity contribution in [3.8, 4) is 0 Å². The van der Waals surface area contributed by atoms with Gasteiger partial charge in [-0.3, -0.25) is 0 Å². The summed E-state index contributed by atoms with van der Waals surface area (Å²) in [5, 5.41) is 14.2. The minimum atomic E-state index is -0.457. The minimum Gasteiger partial charge on any atom is -0.396 e. The van der Waals surface area contributed by atoms with Gasteiger partial charge in [-0.05, 0) is 36.2 Å². The first-order valence-corrected chi connectivity index (χ1v) is 6.21. The number of anilines is 2. The fraction of sp³-hybridized carbons (Fsp3) is 0.133. The molecule has 2 aromatic carbocycles. The maximum Gasteiger partial charge on any atom is 0.323 e. The van der Waals surface area contributed by atoms with Crippen molar-refractivity contribution in [1.29, 1.82) is 0 Å². The highest BCUT2D eigenvalue weighted by molar-refractivity contribution is 6.00. The van der Waals surface area contributed by atoms with Crippen LogP contribution in [0.1, 0.15) is 5.56 Å². The third-order valence-electron chi connectivity index (χ3n) is 2.73. The van der Waals surface area contributed by atoms with Gasteiger partial charge in [0, 0.05) is 18.0 Å². The molecule has 0 atom stereocenters. The zero-order valence-electron chi connectivity index (χ0n) is 10.8. The Morgan fingerprint density at radius 2 is 1.90 bits per heavy atom. The van der Waals surface area contributed by atoms with Gasteiger partial charge in [0.05, 0.1) is 0 Å². The van der Waals surface area contributed by atoms with Crippen LogP contribution in [0.25, 0.3) is 0 Å². The molecule has 3 N–H and O–H groups in total. The number of hydrogen-bond donors (Lipinski definition) is 3. The molecule has 0 spiro atoms. The summed E-state index contributed by atoms with van der Waals surface area (Å²) >= 11 is 0. The van der Waals surface area contributed by atoms with Crippen LogP contribution in [0.5, 0.6) is 0 Å². The number of amides is 2. The number of para-hydroxylation sites is 1. The summed E-state index contributed by atoms with van der Waals surface area (Å²) in [6.45, 7) is 0.00418. The van der Waals surface area contributed by atoms with Gasteiger partial charge >= 0.3 is 6.03 Å². The standard InChI is InChI=1S/C15H15FN2O2/c16-12-5-3-6-13(10-12)17-15(20)18-14-7-2-1-4-11(14)8-9-19/h1-7,10,19H,8-9H2,(H2,17,18,20). The van der Waals surface area contributed by atoms with Crippen molar-refractivity contribution >= 4 is 17.4 Å². The molecule has 4 nitrogen and oxygen atoms in total. The molecule has 0 saturated carbocycles. The Labute approximate surface area is 116 Å². The quantitative estimate of drug-likeness (QED) is 0.802. The van der Waals surface area contributed by atoms with Crippen molar-refractivity contribution < 1.29 is 14.3 Å². The van der Waals surface area contributed by atoms with Crippen molar-refractivity contribution in [3.63, 3.8) is 0 Å². The van der Waals surface area contributed by atoms with E-state index in [4.69, 9.17) is 5.11 Å². The number of halogens is 1. The lowest BCUT2D eigenvalue weighted by molar-refractivity contribution is 0.262. The molecule has 0 aliphatic carbocycles. The van der Waals surface area contributed by atoms with E-state index >= 15 is 0 Å². The zero-order chi connectivity index (χ0) is 14.4. The number of nitrogens with one attached hydrogen (secondary N) is 2. The van der Waals surface area contributed by atoms with E-state index in [-0.39, 0.29) is 6.61 Å². The third-order valence-corrected chi connectivity index (χ3v) is 2.73. The highest BCUT2D eigenvalue weighted by Gasteiger charge is 2.06. The number of aliphatic hydroxyl groups excluding tert-OH is 1. The molecule has 5 heteroatoms. The average molecular weight is 274 g/mol. The first-order chi connectivity index (χ1) is 9.69. The predicted octanol–water partition coefficient (Wildman–Crippen LogP) is 3.00. The highest BCUT2D eigenvalue weighted by atomic mass is 19.1. The molecule has 0 aromatic heterocycles. The Hall–Kier alpha value is -2.40. The van der Waals surface area contributed by atoms with Crippen molar-refractivity contribution in [1.82, 2.24) is 0 Å². The van der Waals surface area contributed by atoms with Crippen LogP contribution < -0.4 is 10.6 Å². The van der Waals surface area contributed by atoms with Crippen molar-refractivity contribution in [2.45, 2.75) is 6.42 Å². The van der Waals surface area contributed by atoms with Gasteiger partial charge in [-0.25, -0.2) is 9.18 Å². The Morgan fingerprint density at radius 3 is 2.65 bits per heavy atom. The number of benzene rings is 2. The molecule has 0 aliphatic rings. The maximum atomic E-state index is 13.0. The Kier molecular flexibility index (Phi) is 4.68. The van der Waals surface area contributed by atoms with E-state index in [0.29, 0.717) is 17.8 Å². The fourth-order valence-corrected chi connectivity index (χ4v) is 1.83. The van der Waals surface area contributed by atoms with Crippen LogP contribution >= 0.6 is 0 Å². The van der Waals surface area contributed by atoms with Gasteiger partial charge in [-0.15, -0.1) is 0 Å². The minimum absolute atomic E-state index is 0.00418. The van der Waals surface area contributed by atoms with Crippen molar-refractivity contribution in [2.75, 3.05) is 17.2 Å². The molecule has 20 heavy (non-hydrogen) atoms. The lowest BCUT2D eigenvalue weighted by atomic mass is 10.1. The zero-order valence-corrected chi connectivity index (χ0v) is 10.8. The molecular weight excluding hydrogens is 259 g/mol. The van der Waals surface area contributed by atoms with E-state index < -0.39 is 11.8 Å². The molecule has 0 unspecified atom stereocenters. The lowest BCUT2D eigenvalue weighted by Gasteiger charge is -2.11. The molecule has 0 bridgehead atoms. The molecule has 0 aliphatic heterocycles. The van der Waals surface area contributed by atoms with E-state index in [9.17, 15) is 9.18 Å². The Morgan fingerprint density at radius 1 is 1.10 bits per heavy atom. The van der Waals surface area contributed by atoms with E-state index in [0.717, 1.165) is 5.56 Å². The molecule has 0 radical (unpaired) electrons. The number of carbonyl (C=O) groups is 1. The van der Waals surface area contributed by atoms with Gasteiger partial charge in [0.1, 0.15) is 5.82 Å². The number of hydrogen-bond acceptors (Lipinski definition) is 2. The molecule has 0 fully saturated rings. The Balaban J connectivity index is 2.05. The van der Waals surface area contributed by atoms with Gasteiger partial charge in [0.25, 0.3) is 0 Å². The predicted molar refractivity (Wildman–Crippen MR) is 76.3 cm³/mol. The van der Waals surface area contributed by atoms with Gasteiger partial charge in [-0.2, -0.15) is 0 Å². The largest absolute Gasteiger partial charge is 0.396 e. The number of aliphatic hydroxyl groups is 1. The van der Waals surface area contributed by atoms with Gasteiger partial charge in [0.15, 0.2) is 0 Å². The van der Waals surface area contributed by atoms with Crippen LogP contribution in [0.4, 0.5) is 20.6 Å². The topological polar surface area (TPSA) is 61.4 Å². The van der Waals surface area contributed by atoms with Gasteiger partial charge in [0.2, 0.25) is 0 Å². The van der Waals surface area contributed by atoms with Crippen molar-refractivity contribution in [2.24, 2.45) is 0 Å². The van der Waals surface area contributed by atoms with Gasteiger partial charge < -0.3 is 15.7 Å². The molecule has 2 amide bonds. The number of urea groups is 1. The van der Waals surface area contributed by atoms with Crippen molar-refractivity contribution in [3.05, 3.63) is 59.9 Å². The first kappa shape index (κ1) is 14.0. The second kappa shape index (κ2) is 6.68. The molecule has 2 aromatic rings. The first-order valence-electron chi connectivity index (χ1n) is 6.21. The fourth-order valence-electron chi connectivity index (χ4n) is 1.83. The molecular formula is C15H15FN2O2. The molecule has 104 valence electrons. The average Bonchev–Trinajstić information content (AvgIpc) is 2.41. The summed E-state index contributed by atoms with van der Waals surface area (Å²) in [5.74, 6) is -0.413. The summed E-state index contributed by atoms with van der Waals surface area (Å²) in [4.78, 5) is 11.8. The van der Waals surface area contributed by atoms with Crippen LogP contribution in [-0.4, -0.2) is 17.7 Å². The number of rotatable bonds is 4. The van der Waals surface area contributed by atoms with Gasteiger partial charge in [-0.1, -0.05) is 24.3 Å². The van der Waals surface area contributed by atoms with E-state index in [2.05, 4.69) is 10.6 Å². The Bertz CT molecular complexity index is 602. The molecule has 0 saturated heterocycles. The van der Waals surface area contributed by atoms with Crippen LogP contribution in [0.15, 0.2) is 48.5 Å². The van der Waals surface area contributed by atoms with E-state index in [1.807, 2.05) is 12.1 Å². The highest BCUT2D eigenvalue weighted by Crippen LogP contribution is 2.16. The summed E-state index contributed by atoms with van der Waals surface area (Å²) in [5.41, 5.74) is 1.84. The lowest BCUT2D eigenvalue weighted by Crippen LogP contribution is -2.20. The summed E-state index contributed by atoms with van der Waals surface area (Å²) in [6.07, 6.45) is 0.455. The monoisotopic (exact) mass is 274 g/mol. The molecule has 2 rings (SSSR count). The summed E-state index contributed by atoms with van der Waals surface area (Å²) < 4.78 is 13.0. The molecule has 0 heterocycles. The van der Waals surface area contributed by atoms with Crippen LogP contribution in [0.3, 0.4) is 0 Å². The summed E-state index contributed by atoms with van der Waals surface area (Å²) in [7, 11) is 0. The normalized spacial score (nSPS) is 10.1. The van der Waals surface area contributed by atoms with Crippen LogP contribution in [0.2, 0.25) is 0 Å². The summed E-state index contributed by atoms with van der Waals surface area (Å²) in [6, 6.07) is 12.4. The van der Waals surface area contributed by atoms with E-state index in [1.165, 1.54) is 18.2 Å². The van der Waals surface area contributed by atoms with E-state index in [1.54, 1.807) is 18.2 Å². The number of carbonyl (C=O) groups excluding carboxylic acids is 1. The van der Waals surface area contributed by atoms with Crippen LogP contribution in [0, 0.1) is 5.82 Å².